The molecule has 0 aliphatic rings. The SMILES string of the molecule is C=C/C(=C\C=N\O)c1c[n+](C)[nH]c1OCc1ccc(/C(C)=C(C)/C=c2/cc(F)ccc2=C)cc1. The molecule has 2 N–H and O–H groups in total. The fourth-order valence-electron chi connectivity index (χ4n) is 3.48. The highest BCUT2D eigenvalue weighted by Gasteiger charge is 2.16. The van der Waals surface area contributed by atoms with Gasteiger partial charge in [-0.3, -0.25) is 0 Å². The maximum absolute atomic E-state index is 13.6. The van der Waals surface area contributed by atoms with Crippen LogP contribution in [-0.2, 0) is 13.7 Å². The van der Waals surface area contributed by atoms with Crippen LogP contribution in [0.2, 0.25) is 0 Å². The molecule has 0 aliphatic heterocycles. The highest BCUT2D eigenvalue weighted by Crippen LogP contribution is 2.25. The number of nitrogens with one attached hydrogen (secondary N) is 1. The smallest absolute Gasteiger partial charge is 0.257 e. The Morgan fingerprint density at radius 1 is 1.21 bits per heavy atom. The lowest BCUT2D eigenvalue weighted by molar-refractivity contribution is -0.727. The van der Waals surface area contributed by atoms with E-state index in [0.29, 0.717) is 12.5 Å². The number of hydrogen-bond acceptors (Lipinski definition) is 3. The lowest BCUT2D eigenvalue weighted by atomic mass is 10.00. The van der Waals surface area contributed by atoms with Gasteiger partial charge in [-0.15, -0.1) is 9.78 Å². The monoisotopic (exact) mass is 458 g/mol. The van der Waals surface area contributed by atoms with E-state index >= 15 is 0 Å². The molecule has 0 spiro atoms. The Labute approximate surface area is 198 Å². The van der Waals surface area contributed by atoms with Crippen molar-refractivity contribution < 1.29 is 19.0 Å². The van der Waals surface area contributed by atoms with Crippen molar-refractivity contribution in [2.75, 3.05) is 0 Å². The van der Waals surface area contributed by atoms with Gasteiger partial charge in [-0.25, -0.2) is 4.39 Å². The highest BCUT2D eigenvalue weighted by molar-refractivity contribution is 5.88. The summed E-state index contributed by atoms with van der Waals surface area (Å²) in [6.07, 6.45) is 8.43. The molecular weight excluding hydrogens is 429 g/mol. The van der Waals surface area contributed by atoms with Gasteiger partial charge in [-0.2, -0.15) is 0 Å². The molecule has 2 aromatic carbocycles. The van der Waals surface area contributed by atoms with Gasteiger partial charge >= 0.3 is 0 Å². The molecule has 0 unspecified atom stereocenters. The van der Waals surface area contributed by atoms with Crippen molar-refractivity contribution in [2.45, 2.75) is 20.5 Å². The summed E-state index contributed by atoms with van der Waals surface area (Å²) in [5, 5.41) is 16.4. The second-order valence-corrected chi connectivity index (χ2v) is 7.97. The van der Waals surface area contributed by atoms with Crippen molar-refractivity contribution in [2.24, 2.45) is 12.2 Å². The van der Waals surface area contributed by atoms with E-state index in [2.05, 4.69) is 23.4 Å². The van der Waals surface area contributed by atoms with E-state index in [-0.39, 0.29) is 5.82 Å². The number of H-pyrrole nitrogens is 1. The quantitative estimate of drug-likeness (QED) is 0.174. The van der Waals surface area contributed by atoms with Crippen LogP contribution in [0.5, 0.6) is 5.88 Å². The summed E-state index contributed by atoms with van der Waals surface area (Å²) in [4.78, 5) is 0. The van der Waals surface area contributed by atoms with Gasteiger partial charge in [-0.1, -0.05) is 60.8 Å². The first-order chi connectivity index (χ1) is 16.3. The average molecular weight is 459 g/mol. The van der Waals surface area contributed by atoms with Crippen molar-refractivity contribution in [1.29, 1.82) is 0 Å². The Kier molecular flexibility index (Phi) is 7.98. The minimum Gasteiger partial charge on any atom is -0.470 e. The summed E-state index contributed by atoms with van der Waals surface area (Å²) in [6, 6.07) is 12.7. The first kappa shape index (κ1) is 24.5. The minimum absolute atomic E-state index is 0.274. The molecular formula is C28H29FN3O2+. The molecule has 3 aromatic rings. The lowest BCUT2D eigenvalue weighted by Gasteiger charge is -2.08. The number of aromatic amines is 1. The maximum atomic E-state index is 13.6. The maximum Gasteiger partial charge on any atom is 0.257 e. The Morgan fingerprint density at radius 2 is 1.94 bits per heavy atom. The van der Waals surface area contributed by atoms with Gasteiger partial charge < -0.3 is 9.94 Å². The second-order valence-electron chi connectivity index (χ2n) is 7.97. The molecule has 34 heavy (non-hydrogen) atoms. The number of halogens is 1. The van der Waals surface area contributed by atoms with Crippen LogP contribution in [-0.4, -0.2) is 16.5 Å². The molecule has 1 heterocycles. The minimum atomic E-state index is -0.274. The third kappa shape index (κ3) is 5.98. The van der Waals surface area contributed by atoms with Crippen LogP contribution in [0.4, 0.5) is 4.39 Å². The van der Waals surface area contributed by atoms with E-state index in [1.807, 2.05) is 57.4 Å². The standard InChI is InChI=1S/C28H28FN3O2/c1-6-23(13-14-30-33)27-17-32(5)31-28(27)34-18-22-8-10-24(11-9-22)21(4)20(3)15-25-16-26(29)12-7-19(25)2/h6-17,33H,1-2,18H2,3-5H3/p+1/b21-20+,23-13+,25-15-,30-14+. The summed E-state index contributed by atoms with van der Waals surface area (Å²) in [6.45, 7) is 12.2. The molecule has 6 heteroatoms. The molecule has 0 aliphatic carbocycles. The molecule has 3 rings (SSSR count). The van der Waals surface area contributed by atoms with Gasteiger partial charge in [0, 0.05) is 0 Å². The van der Waals surface area contributed by atoms with Crippen molar-refractivity contribution in [1.82, 2.24) is 5.10 Å². The Bertz CT molecular complexity index is 1380. The number of aromatic nitrogens is 2. The lowest BCUT2D eigenvalue weighted by Crippen LogP contribution is -2.28. The summed E-state index contributed by atoms with van der Waals surface area (Å²) in [5.41, 5.74) is 5.79. The van der Waals surface area contributed by atoms with Gasteiger partial charge in [-0.05, 0) is 70.3 Å². The third-order valence-electron chi connectivity index (χ3n) is 5.54. The first-order valence-electron chi connectivity index (χ1n) is 10.8. The van der Waals surface area contributed by atoms with Gasteiger partial charge in [0.05, 0.1) is 6.21 Å². The number of benzene rings is 2. The van der Waals surface area contributed by atoms with E-state index in [1.165, 1.54) is 18.3 Å². The zero-order chi connectivity index (χ0) is 24.7. The molecule has 5 nitrogen and oxygen atoms in total. The fourth-order valence-corrected chi connectivity index (χ4v) is 3.48. The summed E-state index contributed by atoms with van der Waals surface area (Å²) in [7, 11) is 1.86. The van der Waals surface area contributed by atoms with E-state index in [9.17, 15) is 4.39 Å². The Hall–Kier alpha value is -4.19. The molecule has 174 valence electrons. The van der Waals surface area contributed by atoms with Crippen LogP contribution < -0.4 is 19.9 Å². The number of hydrogen-bond donors (Lipinski definition) is 2. The molecule has 0 fully saturated rings. The summed E-state index contributed by atoms with van der Waals surface area (Å²) < 4.78 is 21.4. The molecule has 1 aromatic heterocycles. The second kappa shape index (κ2) is 11.1. The van der Waals surface area contributed by atoms with Crippen molar-refractivity contribution in [3.05, 3.63) is 106 Å². The van der Waals surface area contributed by atoms with Gasteiger partial charge in [0.1, 0.15) is 18.0 Å². The van der Waals surface area contributed by atoms with Crippen LogP contribution in [0.25, 0.3) is 23.8 Å². The number of rotatable bonds is 8. The third-order valence-corrected chi connectivity index (χ3v) is 5.54. The summed E-state index contributed by atoms with van der Waals surface area (Å²) >= 11 is 0. The fraction of sp³-hybridized carbons (Fsp3) is 0.143. The predicted molar refractivity (Wildman–Crippen MR) is 135 cm³/mol. The number of aryl methyl sites for hydroxylation is 1. The number of nitrogens with zero attached hydrogens (tertiary/aromatic N) is 2. The molecule has 0 saturated heterocycles. The highest BCUT2D eigenvalue weighted by atomic mass is 19.1. The normalized spacial score (nSPS) is 13.3. The molecule has 0 bridgehead atoms. The van der Waals surface area contributed by atoms with Crippen LogP contribution in [0.3, 0.4) is 0 Å². The van der Waals surface area contributed by atoms with Crippen LogP contribution in [0.15, 0.2) is 78.1 Å². The van der Waals surface area contributed by atoms with Crippen molar-refractivity contribution in [3.63, 3.8) is 0 Å². The van der Waals surface area contributed by atoms with E-state index < -0.39 is 0 Å². The van der Waals surface area contributed by atoms with E-state index in [4.69, 9.17) is 9.94 Å². The van der Waals surface area contributed by atoms with Crippen LogP contribution in [0.1, 0.15) is 30.5 Å². The number of ether oxygens (including phenoxy) is 1. The molecule has 0 amide bonds. The van der Waals surface area contributed by atoms with Gasteiger partial charge in [0.15, 0.2) is 7.05 Å². The van der Waals surface area contributed by atoms with Crippen molar-refractivity contribution >= 4 is 30.0 Å². The van der Waals surface area contributed by atoms with Crippen LogP contribution >= 0.6 is 0 Å². The van der Waals surface area contributed by atoms with Gasteiger partial charge in [0.2, 0.25) is 6.20 Å². The number of allylic oxidation sites excluding steroid dienone is 5. The topological polar surface area (TPSA) is 61.5 Å². The van der Waals surface area contributed by atoms with Crippen molar-refractivity contribution in [3.8, 4) is 5.88 Å². The Balaban J connectivity index is 1.79. The molecule has 0 atom stereocenters. The number of oxime groups is 1. The molecule has 0 saturated carbocycles. The van der Waals surface area contributed by atoms with Crippen LogP contribution in [0, 0.1) is 5.82 Å². The zero-order valence-electron chi connectivity index (χ0n) is 19.7. The molecule has 0 radical (unpaired) electrons. The average Bonchev–Trinajstić information content (AvgIpc) is 3.20. The zero-order valence-corrected chi connectivity index (χ0v) is 19.7. The van der Waals surface area contributed by atoms with E-state index in [0.717, 1.165) is 43.8 Å². The largest absolute Gasteiger partial charge is 0.470 e. The van der Waals surface area contributed by atoms with E-state index in [1.54, 1.807) is 22.9 Å². The Morgan fingerprint density at radius 3 is 2.62 bits per heavy atom. The van der Waals surface area contributed by atoms with Gasteiger partial charge in [0.25, 0.3) is 5.88 Å². The predicted octanol–water partition coefficient (Wildman–Crippen LogP) is 4.27. The summed E-state index contributed by atoms with van der Waals surface area (Å²) in [5.74, 6) is 0.314. The first-order valence-corrected chi connectivity index (χ1v) is 10.8.